The molecule has 0 spiro atoms. The van der Waals surface area contributed by atoms with Crippen LogP contribution in [0.3, 0.4) is 0 Å². The zero-order valence-corrected chi connectivity index (χ0v) is 16.2. The maximum Gasteiger partial charge on any atom is 0.264 e. The first-order valence-electron chi connectivity index (χ1n) is 8.76. The molecule has 0 atom stereocenters. The Morgan fingerprint density at radius 3 is 2.08 bits per heavy atom. The van der Waals surface area contributed by atoms with Crippen LogP contribution in [0.25, 0.3) is 0 Å². The molecule has 5 nitrogen and oxygen atoms in total. The largest absolute Gasteiger partial charge is 0.316 e. The van der Waals surface area contributed by atoms with Gasteiger partial charge in [-0.3, -0.25) is 9.10 Å². The fraction of sp³-hybridized carbons (Fsp3) is 0.350. The van der Waals surface area contributed by atoms with E-state index < -0.39 is 10.0 Å². The average Bonchev–Trinajstić information content (AvgIpc) is 2.66. The molecular formula is C20H24N2O3S. The average molecular weight is 372 g/mol. The van der Waals surface area contributed by atoms with Crippen LogP contribution in [0.1, 0.15) is 30.9 Å². The van der Waals surface area contributed by atoms with Crippen LogP contribution in [-0.2, 0) is 27.7 Å². The van der Waals surface area contributed by atoms with E-state index in [2.05, 4.69) is 0 Å². The van der Waals surface area contributed by atoms with Crippen LogP contribution >= 0.6 is 0 Å². The molecule has 1 aliphatic carbocycles. The first-order chi connectivity index (χ1) is 12.3. The summed E-state index contributed by atoms with van der Waals surface area (Å²) in [4.78, 5) is 13.3. The molecule has 1 aliphatic rings. The number of anilines is 2. The molecule has 26 heavy (non-hydrogen) atoms. The summed E-state index contributed by atoms with van der Waals surface area (Å²) in [5.41, 5.74) is 3.68. The summed E-state index contributed by atoms with van der Waals surface area (Å²) in [5.74, 6) is -0.0761. The lowest BCUT2D eigenvalue weighted by atomic mass is 9.92. The summed E-state index contributed by atoms with van der Waals surface area (Å²) >= 11 is 0. The highest BCUT2D eigenvalue weighted by molar-refractivity contribution is 7.92. The minimum absolute atomic E-state index is 0.0761. The maximum absolute atomic E-state index is 13.0. The third-order valence-electron chi connectivity index (χ3n) is 5.05. The predicted molar refractivity (Wildman–Crippen MR) is 104 cm³/mol. The Kier molecular flexibility index (Phi) is 5.05. The minimum Gasteiger partial charge on any atom is -0.316 e. The Balaban J connectivity index is 1.88. The molecule has 0 unspecified atom stereocenters. The minimum atomic E-state index is -3.62. The molecule has 0 N–H and O–H groups in total. The highest BCUT2D eigenvalue weighted by atomic mass is 32.2. The van der Waals surface area contributed by atoms with Crippen molar-refractivity contribution in [2.45, 2.75) is 37.5 Å². The molecule has 0 bridgehead atoms. The smallest absolute Gasteiger partial charge is 0.264 e. The number of aryl methyl sites for hydroxylation is 2. The van der Waals surface area contributed by atoms with Crippen LogP contribution in [0.15, 0.2) is 47.4 Å². The number of rotatable bonds is 4. The maximum atomic E-state index is 13.0. The number of sulfonamides is 1. The summed E-state index contributed by atoms with van der Waals surface area (Å²) < 4.78 is 27.3. The molecule has 0 aliphatic heterocycles. The number of hydrogen-bond acceptors (Lipinski definition) is 3. The van der Waals surface area contributed by atoms with E-state index >= 15 is 0 Å². The first-order valence-corrected chi connectivity index (χ1v) is 10.2. The number of fused-ring (bicyclic) bond motifs is 1. The highest BCUT2D eigenvalue weighted by Gasteiger charge is 2.23. The quantitative estimate of drug-likeness (QED) is 0.827. The van der Waals surface area contributed by atoms with E-state index in [0.717, 1.165) is 30.5 Å². The number of benzene rings is 2. The zero-order valence-electron chi connectivity index (χ0n) is 15.4. The van der Waals surface area contributed by atoms with E-state index in [1.807, 2.05) is 12.1 Å². The molecule has 138 valence electrons. The number of carbonyl (C=O) groups excluding carboxylic acids is 1. The van der Waals surface area contributed by atoms with Gasteiger partial charge in [0.2, 0.25) is 5.91 Å². The van der Waals surface area contributed by atoms with E-state index in [-0.39, 0.29) is 5.91 Å². The Bertz CT molecular complexity index is 921. The number of nitrogens with zero attached hydrogens (tertiary/aromatic N) is 2. The first kappa shape index (κ1) is 18.5. The number of carbonyl (C=O) groups is 1. The molecule has 0 radical (unpaired) electrons. The van der Waals surface area contributed by atoms with E-state index in [1.165, 1.54) is 28.1 Å². The molecule has 1 amide bonds. The molecule has 2 aromatic rings. The van der Waals surface area contributed by atoms with Gasteiger partial charge < -0.3 is 4.90 Å². The molecule has 2 aromatic carbocycles. The Morgan fingerprint density at radius 1 is 0.885 bits per heavy atom. The van der Waals surface area contributed by atoms with Crippen molar-refractivity contribution in [2.24, 2.45) is 0 Å². The fourth-order valence-electron chi connectivity index (χ4n) is 3.24. The number of amides is 1. The van der Waals surface area contributed by atoms with Crippen molar-refractivity contribution in [3.63, 3.8) is 0 Å². The van der Waals surface area contributed by atoms with Gasteiger partial charge in [-0.2, -0.15) is 0 Å². The SMILES string of the molecule is CC(=O)N(C)c1ccc(N(C)S(=O)(=O)c2ccc3c(c2)CCCC3)cc1. The van der Waals surface area contributed by atoms with Gasteiger partial charge in [0.1, 0.15) is 0 Å². The molecule has 0 saturated heterocycles. The van der Waals surface area contributed by atoms with Gasteiger partial charge in [0.25, 0.3) is 10.0 Å². The Hall–Kier alpha value is -2.34. The zero-order chi connectivity index (χ0) is 18.9. The van der Waals surface area contributed by atoms with E-state index in [0.29, 0.717) is 10.6 Å². The van der Waals surface area contributed by atoms with Crippen molar-refractivity contribution in [3.8, 4) is 0 Å². The van der Waals surface area contributed by atoms with Gasteiger partial charge in [-0.1, -0.05) is 6.07 Å². The van der Waals surface area contributed by atoms with Crippen molar-refractivity contribution in [2.75, 3.05) is 23.3 Å². The van der Waals surface area contributed by atoms with Gasteiger partial charge in [-0.25, -0.2) is 8.42 Å². The molecule has 6 heteroatoms. The molecule has 0 fully saturated rings. The monoisotopic (exact) mass is 372 g/mol. The molecule has 3 rings (SSSR count). The fourth-order valence-corrected chi connectivity index (χ4v) is 4.48. The lowest BCUT2D eigenvalue weighted by Crippen LogP contribution is -2.27. The summed E-state index contributed by atoms with van der Waals surface area (Å²) in [6.07, 6.45) is 4.24. The third kappa shape index (κ3) is 3.46. The van der Waals surface area contributed by atoms with Crippen LogP contribution in [0, 0.1) is 0 Å². The van der Waals surface area contributed by atoms with Crippen molar-refractivity contribution in [1.29, 1.82) is 0 Å². The lowest BCUT2D eigenvalue weighted by molar-refractivity contribution is -0.116. The van der Waals surface area contributed by atoms with E-state index in [4.69, 9.17) is 0 Å². The van der Waals surface area contributed by atoms with Crippen LogP contribution in [0.4, 0.5) is 11.4 Å². The molecular weight excluding hydrogens is 348 g/mol. The van der Waals surface area contributed by atoms with Gasteiger partial charge >= 0.3 is 0 Å². The summed E-state index contributed by atoms with van der Waals surface area (Å²) in [6.45, 7) is 1.49. The lowest BCUT2D eigenvalue weighted by Gasteiger charge is -2.23. The Morgan fingerprint density at radius 2 is 1.46 bits per heavy atom. The number of hydrogen-bond donors (Lipinski definition) is 0. The summed E-state index contributed by atoms with van der Waals surface area (Å²) in [5, 5.41) is 0. The molecule has 0 aromatic heterocycles. The molecule has 0 heterocycles. The van der Waals surface area contributed by atoms with E-state index in [1.54, 1.807) is 44.4 Å². The highest BCUT2D eigenvalue weighted by Crippen LogP contribution is 2.28. The van der Waals surface area contributed by atoms with Gasteiger partial charge in [-0.05, 0) is 73.2 Å². The van der Waals surface area contributed by atoms with Crippen LogP contribution < -0.4 is 9.21 Å². The summed E-state index contributed by atoms with van der Waals surface area (Å²) in [7, 11) is -0.383. The van der Waals surface area contributed by atoms with Gasteiger partial charge in [-0.15, -0.1) is 0 Å². The third-order valence-corrected chi connectivity index (χ3v) is 6.83. The van der Waals surface area contributed by atoms with Crippen LogP contribution in [0.2, 0.25) is 0 Å². The predicted octanol–water partition coefficient (Wildman–Crippen LogP) is 3.37. The second-order valence-electron chi connectivity index (χ2n) is 6.70. The van der Waals surface area contributed by atoms with Gasteiger partial charge in [0.15, 0.2) is 0 Å². The molecule has 0 saturated carbocycles. The van der Waals surface area contributed by atoms with Crippen molar-refractivity contribution in [3.05, 3.63) is 53.6 Å². The summed E-state index contributed by atoms with van der Waals surface area (Å²) in [6, 6.07) is 12.4. The van der Waals surface area contributed by atoms with E-state index in [9.17, 15) is 13.2 Å². The Labute approximate surface area is 155 Å². The van der Waals surface area contributed by atoms with Gasteiger partial charge in [0.05, 0.1) is 10.6 Å². The van der Waals surface area contributed by atoms with Crippen molar-refractivity contribution < 1.29 is 13.2 Å². The standard InChI is InChI=1S/C20H24N2O3S/c1-15(23)21(2)18-9-11-19(12-10-18)22(3)26(24,25)20-13-8-16-6-4-5-7-17(16)14-20/h8-14H,4-7H2,1-3H3. The topological polar surface area (TPSA) is 57.7 Å². The van der Waals surface area contributed by atoms with Crippen LogP contribution in [0.5, 0.6) is 0 Å². The second kappa shape index (κ2) is 7.11. The van der Waals surface area contributed by atoms with Crippen molar-refractivity contribution in [1.82, 2.24) is 0 Å². The van der Waals surface area contributed by atoms with Crippen molar-refractivity contribution >= 4 is 27.3 Å². The van der Waals surface area contributed by atoms with Gasteiger partial charge in [0, 0.05) is 26.7 Å². The normalized spacial score (nSPS) is 13.8. The second-order valence-corrected chi connectivity index (χ2v) is 8.67. The van der Waals surface area contributed by atoms with Crippen LogP contribution in [-0.4, -0.2) is 28.4 Å².